The summed E-state index contributed by atoms with van der Waals surface area (Å²) in [5.74, 6) is -0.285. The number of methoxy groups -OCH3 is 3. The van der Waals surface area contributed by atoms with E-state index in [1.807, 2.05) is 32.0 Å². The van der Waals surface area contributed by atoms with Crippen LogP contribution in [0.4, 0.5) is 0 Å². The molecule has 10 nitrogen and oxygen atoms in total. The number of rotatable bonds is 11. The zero-order valence-electron chi connectivity index (χ0n) is 34.5. The fraction of sp³-hybridized carbons (Fsp3) is 0.714. The number of ether oxygens (including phenoxy) is 7. The first-order valence-electron chi connectivity index (χ1n) is 19.6. The van der Waals surface area contributed by atoms with E-state index in [0.717, 1.165) is 29.3 Å². The van der Waals surface area contributed by atoms with Gasteiger partial charge in [0.2, 0.25) is 6.29 Å². The van der Waals surface area contributed by atoms with Crippen LogP contribution in [0.1, 0.15) is 86.1 Å². The molecular weight excluding hydrogens is 772 g/mol. The number of cyclic esters (lactones) is 1. The Bertz CT molecular complexity index is 1460. The van der Waals surface area contributed by atoms with Crippen LogP contribution in [0.25, 0.3) is 6.08 Å². The van der Waals surface area contributed by atoms with Gasteiger partial charge in [-0.2, -0.15) is 0 Å². The van der Waals surface area contributed by atoms with E-state index in [2.05, 4.69) is 81.0 Å². The predicted octanol–water partition coefficient (Wildman–Crippen LogP) is 8.90. The lowest BCUT2D eigenvalue weighted by atomic mass is 9.77. The number of hydrogen-bond donors (Lipinski definition) is 0. The molecule has 3 aliphatic rings. The van der Waals surface area contributed by atoms with Crippen LogP contribution in [-0.4, -0.2) is 90.6 Å². The minimum absolute atomic E-state index is 0.0446. The molecule has 0 radical (unpaired) electrons. The van der Waals surface area contributed by atoms with Gasteiger partial charge in [0, 0.05) is 51.0 Å². The highest BCUT2D eigenvalue weighted by atomic mass is 79.9. The largest absolute Gasteiger partial charge is 0.462 e. The van der Waals surface area contributed by atoms with Gasteiger partial charge in [-0.1, -0.05) is 74.9 Å². The van der Waals surface area contributed by atoms with E-state index in [4.69, 9.17) is 37.6 Å². The van der Waals surface area contributed by atoms with Crippen molar-refractivity contribution >= 4 is 42.3 Å². The summed E-state index contributed by atoms with van der Waals surface area (Å²) in [5, 5.41) is -0.0446. The molecule has 12 heteroatoms. The van der Waals surface area contributed by atoms with Gasteiger partial charge in [-0.15, -0.1) is 0 Å². The molecule has 2 fully saturated rings. The first-order chi connectivity index (χ1) is 25.4. The molecule has 2 saturated heterocycles. The zero-order valence-corrected chi connectivity index (χ0v) is 37.1. The van der Waals surface area contributed by atoms with Crippen molar-refractivity contribution < 1.29 is 47.2 Å². The molecule has 0 unspecified atom stereocenters. The third-order valence-corrected chi connectivity index (χ3v) is 17.2. The number of fused-ring (bicyclic) bond motifs is 1. The van der Waals surface area contributed by atoms with Crippen LogP contribution >= 0.6 is 15.9 Å². The number of carbonyl (C=O) groups is 2. The highest BCUT2D eigenvalue weighted by molar-refractivity contribution is 9.10. The van der Waals surface area contributed by atoms with E-state index < -0.39 is 20.7 Å². The molecule has 1 aliphatic carbocycles. The summed E-state index contributed by atoms with van der Waals surface area (Å²) in [7, 11) is 2.57. The topological polar surface area (TPSA) is 108 Å². The molecule has 0 bridgehead atoms. The number of esters is 2. The van der Waals surface area contributed by atoms with Crippen molar-refractivity contribution in [3.8, 4) is 5.75 Å². The van der Waals surface area contributed by atoms with Crippen molar-refractivity contribution in [1.82, 2.24) is 0 Å². The Morgan fingerprint density at radius 1 is 1.00 bits per heavy atom. The van der Waals surface area contributed by atoms with E-state index in [1.165, 1.54) is 6.92 Å². The summed E-state index contributed by atoms with van der Waals surface area (Å²) < 4.78 is 50.1. The summed E-state index contributed by atoms with van der Waals surface area (Å²) in [5.41, 5.74) is 0.902. The lowest BCUT2D eigenvalue weighted by molar-refractivity contribution is -0.282. The average Bonchev–Trinajstić information content (AvgIpc) is 3.49. The van der Waals surface area contributed by atoms with Gasteiger partial charge in [0.15, 0.2) is 8.32 Å². The van der Waals surface area contributed by atoms with Crippen molar-refractivity contribution in [2.45, 2.75) is 148 Å². The maximum absolute atomic E-state index is 13.7. The van der Waals surface area contributed by atoms with Crippen LogP contribution in [0.15, 0.2) is 40.9 Å². The van der Waals surface area contributed by atoms with Crippen LogP contribution in [0.5, 0.6) is 5.75 Å². The Balaban J connectivity index is 1.68. The van der Waals surface area contributed by atoms with Gasteiger partial charge in [0.25, 0.3) is 0 Å². The number of allylic oxidation sites excluding steroid dienone is 2. The molecule has 4 rings (SSSR count). The van der Waals surface area contributed by atoms with E-state index in [-0.39, 0.29) is 83.7 Å². The van der Waals surface area contributed by atoms with E-state index in [1.54, 1.807) is 21.3 Å². The summed E-state index contributed by atoms with van der Waals surface area (Å²) in [6.07, 6.45) is 8.80. The van der Waals surface area contributed by atoms with Crippen molar-refractivity contribution in [1.29, 1.82) is 0 Å². The Hall–Kier alpha value is -2.06. The van der Waals surface area contributed by atoms with Crippen molar-refractivity contribution in [2.24, 2.45) is 23.7 Å². The summed E-state index contributed by atoms with van der Waals surface area (Å²) >= 11 is 3.74. The molecule has 54 heavy (non-hydrogen) atoms. The third-order valence-electron chi connectivity index (χ3n) is 12.0. The summed E-state index contributed by atoms with van der Waals surface area (Å²) in [4.78, 5) is 26.1. The fourth-order valence-electron chi connectivity index (χ4n) is 7.84. The number of carbonyl (C=O) groups excluding carboxylic acids is 2. The van der Waals surface area contributed by atoms with Crippen molar-refractivity contribution in [3.63, 3.8) is 0 Å². The Morgan fingerprint density at radius 3 is 2.30 bits per heavy atom. The highest BCUT2D eigenvalue weighted by Gasteiger charge is 2.49. The van der Waals surface area contributed by atoms with Crippen LogP contribution < -0.4 is 4.74 Å². The SMILES string of the molecule is CC[C@H]1CCC[C@H](OC(C)=O)[C@@H](C)[C@H](O[Si](C)(C)C(C)(C)C)[C@@H]2C=C[C@@H](/C=C\c3cc(O[C@@H]4O[C@@H](C)[C@H](OC)[C@@H](OC)[C@H]4OC)ccc3Br)[C@@H]2CC(=O)O1. The van der Waals surface area contributed by atoms with Crippen LogP contribution in [0.3, 0.4) is 0 Å². The van der Waals surface area contributed by atoms with Gasteiger partial charge in [0.1, 0.15) is 36.3 Å². The normalized spacial score (nSPS) is 34.1. The second-order valence-corrected chi connectivity index (χ2v) is 22.3. The van der Waals surface area contributed by atoms with Crippen molar-refractivity contribution in [2.75, 3.05) is 21.3 Å². The van der Waals surface area contributed by atoms with E-state index in [9.17, 15) is 9.59 Å². The average molecular weight is 838 g/mol. The van der Waals surface area contributed by atoms with Crippen molar-refractivity contribution in [3.05, 3.63) is 46.5 Å². The monoisotopic (exact) mass is 836 g/mol. The predicted molar refractivity (Wildman–Crippen MR) is 216 cm³/mol. The molecule has 304 valence electrons. The molecule has 1 aromatic carbocycles. The van der Waals surface area contributed by atoms with Crippen LogP contribution in [-0.2, 0) is 42.4 Å². The first-order valence-corrected chi connectivity index (χ1v) is 23.3. The smallest absolute Gasteiger partial charge is 0.306 e. The van der Waals surface area contributed by atoms with Crippen LogP contribution in [0, 0.1) is 23.7 Å². The number of halogens is 1. The van der Waals surface area contributed by atoms with E-state index in [0.29, 0.717) is 12.2 Å². The van der Waals surface area contributed by atoms with Gasteiger partial charge < -0.3 is 37.6 Å². The zero-order chi connectivity index (χ0) is 40.0. The molecule has 0 N–H and O–H groups in total. The summed E-state index contributed by atoms with van der Waals surface area (Å²) in [6, 6.07) is 5.78. The second-order valence-electron chi connectivity index (χ2n) is 16.7. The van der Waals surface area contributed by atoms with Gasteiger partial charge in [-0.25, -0.2) is 0 Å². The molecule has 0 saturated carbocycles. The van der Waals surface area contributed by atoms with Crippen LogP contribution in [0.2, 0.25) is 18.1 Å². The maximum atomic E-state index is 13.7. The number of benzene rings is 1. The highest BCUT2D eigenvalue weighted by Crippen LogP contribution is 2.46. The maximum Gasteiger partial charge on any atom is 0.306 e. The molecule has 1 aromatic rings. The first kappa shape index (κ1) is 44.6. The Morgan fingerprint density at radius 2 is 1.69 bits per heavy atom. The fourth-order valence-corrected chi connectivity index (χ4v) is 9.62. The minimum Gasteiger partial charge on any atom is -0.462 e. The minimum atomic E-state index is -2.30. The molecule has 12 atom stereocenters. The summed E-state index contributed by atoms with van der Waals surface area (Å²) in [6.45, 7) is 18.8. The lowest BCUT2D eigenvalue weighted by Gasteiger charge is -2.45. The van der Waals surface area contributed by atoms with Gasteiger partial charge >= 0.3 is 11.9 Å². The quantitative estimate of drug-likeness (QED) is 0.122. The molecule has 2 aliphatic heterocycles. The molecule has 2 heterocycles. The standard InChI is InChI=1S/C42H65BrO10Si/c1-13-30-15-14-16-35(50-27(4)44)25(2)37(53-54(11,12)42(5,6)7)32-21-19-28(33(32)24-36(45)51-30)17-18-29-23-31(20-22-34(29)43)52-41-40(48-10)39(47-9)38(46-8)26(3)49-41/h17-23,25-26,28,30,32-33,35,37-41H,13-16,24H2,1-12H3/b18-17-/t25-,26+,28-,30+,32-,33+,35+,37+,38+,39-,40-,41+/m1/s1. The van der Waals surface area contributed by atoms with E-state index >= 15 is 0 Å². The molecular formula is C42H65BrO10Si. The lowest BCUT2D eigenvalue weighted by Crippen LogP contribution is -2.60. The molecule has 0 amide bonds. The Labute approximate surface area is 333 Å². The third kappa shape index (κ3) is 10.9. The Kier molecular flexibility index (Phi) is 16.0. The molecule has 0 aromatic heterocycles. The van der Waals surface area contributed by atoms with Gasteiger partial charge in [-0.3, -0.25) is 9.59 Å². The number of hydrogen-bond acceptors (Lipinski definition) is 10. The second kappa shape index (κ2) is 19.4. The van der Waals surface area contributed by atoms with Gasteiger partial charge in [-0.05, 0) is 86.3 Å². The van der Waals surface area contributed by atoms with Gasteiger partial charge in [0.05, 0.1) is 12.2 Å². The molecule has 0 spiro atoms.